The number of benzene rings is 1. The third-order valence-electron chi connectivity index (χ3n) is 2.97. The lowest BCUT2D eigenvalue weighted by molar-refractivity contribution is -0.139. The molecule has 0 spiro atoms. The SMILES string of the molecule is COCCOC(=O)/C(C#N)=C/c1ccc(-c2cc(Cl)ccc2Cl)o1. The van der Waals surface area contributed by atoms with Gasteiger partial charge < -0.3 is 13.9 Å². The molecule has 0 amide bonds. The molecule has 7 heteroatoms. The quantitative estimate of drug-likeness (QED) is 0.329. The van der Waals surface area contributed by atoms with Gasteiger partial charge in [0, 0.05) is 23.8 Å². The fourth-order valence-corrected chi connectivity index (χ4v) is 2.22. The van der Waals surface area contributed by atoms with Crippen LogP contribution in [0.5, 0.6) is 0 Å². The van der Waals surface area contributed by atoms with Crippen LogP contribution < -0.4 is 0 Å². The number of furan rings is 1. The fraction of sp³-hybridized carbons (Fsp3) is 0.176. The smallest absolute Gasteiger partial charge is 0.349 e. The number of carbonyl (C=O) groups excluding carboxylic acids is 1. The Morgan fingerprint density at radius 1 is 1.29 bits per heavy atom. The predicted octanol–water partition coefficient (Wildman–Crippen LogP) is 4.35. The number of halogens is 2. The van der Waals surface area contributed by atoms with E-state index < -0.39 is 5.97 Å². The number of carbonyl (C=O) groups is 1. The minimum atomic E-state index is -0.742. The van der Waals surface area contributed by atoms with Gasteiger partial charge in [-0.25, -0.2) is 4.79 Å². The summed E-state index contributed by atoms with van der Waals surface area (Å²) in [5.74, 6) is 0.0494. The summed E-state index contributed by atoms with van der Waals surface area (Å²) in [5, 5.41) is 10.1. The number of rotatable bonds is 6. The molecule has 1 heterocycles. The number of methoxy groups -OCH3 is 1. The number of hydrogen-bond donors (Lipinski definition) is 0. The Balaban J connectivity index is 2.21. The fourth-order valence-electron chi connectivity index (χ4n) is 1.84. The second-order valence-corrected chi connectivity index (χ2v) is 5.47. The molecule has 5 nitrogen and oxygen atoms in total. The molecule has 0 atom stereocenters. The van der Waals surface area contributed by atoms with Crippen LogP contribution in [0.4, 0.5) is 0 Å². The molecule has 2 aromatic rings. The van der Waals surface area contributed by atoms with Crippen molar-refractivity contribution in [2.45, 2.75) is 0 Å². The largest absolute Gasteiger partial charge is 0.459 e. The van der Waals surface area contributed by atoms with E-state index in [9.17, 15) is 4.79 Å². The van der Waals surface area contributed by atoms with E-state index in [-0.39, 0.29) is 18.8 Å². The van der Waals surface area contributed by atoms with Crippen LogP contribution in [0.15, 0.2) is 40.3 Å². The van der Waals surface area contributed by atoms with Gasteiger partial charge in [-0.1, -0.05) is 23.2 Å². The molecular weight excluding hydrogens is 353 g/mol. The van der Waals surface area contributed by atoms with Crippen molar-refractivity contribution in [3.8, 4) is 17.4 Å². The van der Waals surface area contributed by atoms with E-state index >= 15 is 0 Å². The molecule has 0 radical (unpaired) electrons. The number of ether oxygens (including phenoxy) is 2. The Morgan fingerprint density at radius 3 is 2.79 bits per heavy atom. The van der Waals surface area contributed by atoms with Crippen molar-refractivity contribution in [3.05, 3.63) is 51.7 Å². The molecule has 0 aliphatic rings. The highest BCUT2D eigenvalue weighted by Gasteiger charge is 2.13. The minimum Gasteiger partial charge on any atom is -0.459 e. The van der Waals surface area contributed by atoms with Crippen LogP contribution in [-0.2, 0) is 14.3 Å². The standard InChI is InChI=1S/C17H13Cl2NO4/c1-22-6-7-23-17(21)11(10-20)8-13-3-5-16(24-13)14-9-12(18)2-4-15(14)19/h2-5,8-9H,6-7H2,1H3/b11-8+. The average molecular weight is 366 g/mol. The maximum Gasteiger partial charge on any atom is 0.349 e. The first kappa shape index (κ1) is 18.1. The van der Waals surface area contributed by atoms with Crippen LogP contribution in [0.2, 0.25) is 10.0 Å². The van der Waals surface area contributed by atoms with E-state index in [0.29, 0.717) is 27.1 Å². The van der Waals surface area contributed by atoms with Gasteiger partial charge in [0.05, 0.1) is 11.6 Å². The van der Waals surface area contributed by atoms with Gasteiger partial charge >= 0.3 is 5.97 Å². The van der Waals surface area contributed by atoms with Gasteiger partial charge in [0.15, 0.2) is 0 Å². The molecule has 0 saturated heterocycles. The van der Waals surface area contributed by atoms with Gasteiger partial charge in [0.2, 0.25) is 0 Å². The molecule has 24 heavy (non-hydrogen) atoms. The molecule has 0 aliphatic carbocycles. The minimum absolute atomic E-state index is 0.0654. The maximum atomic E-state index is 11.8. The average Bonchev–Trinajstić information content (AvgIpc) is 3.03. The number of hydrogen-bond acceptors (Lipinski definition) is 5. The molecule has 124 valence electrons. The third kappa shape index (κ3) is 4.62. The summed E-state index contributed by atoms with van der Waals surface area (Å²) >= 11 is 12.1. The highest BCUT2D eigenvalue weighted by Crippen LogP contribution is 2.32. The Bertz CT molecular complexity index is 805. The second-order valence-electron chi connectivity index (χ2n) is 4.62. The van der Waals surface area contributed by atoms with Crippen molar-refractivity contribution >= 4 is 35.2 Å². The van der Waals surface area contributed by atoms with E-state index in [2.05, 4.69) is 0 Å². The lowest BCUT2D eigenvalue weighted by Crippen LogP contribution is -2.11. The van der Waals surface area contributed by atoms with Crippen LogP contribution in [0.1, 0.15) is 5.76 Å². The van der Waals surface area contributed by atoms with Crippen molar-refractivity contribution < 1.29 is 18.7 Å². The molecule has 0 saturated carbocycles. The Labute approximate surface area is 149 Å². The zero-order valence-corrected chi connectivity index (χ0v) is 14.2. The molecule has 0 N–H and O–H groups in total. The van der Waals surface area contributed by atoms with E-state index in [4.69, 9.17) is 42.4 Å². The van der Waals surface area contributed by atoms with E-state index in [1.54, 1.807) is 36.4 Å². The number of nitriles is 1. The maximum absolute atomic E-state index is 11.8. The van der Waals surface area contributed by atoms with Crippen molar-refractivity contribution in [1.82, 2.24) is 0 Å². The first-order chi connectivity index (χ1) is 11.5. The Kier molecular flexibility index (Phi) is 6.44. The number of esters is 1. The van der Waals surface area contributed by atoms with Crippen LogP contribution in [0.3, 0.4) is 0 Å². The van der Waals surface area contributed by atoms with Gasteiger partial charge in [0.1, 0.15) is 29.8 Å². The molecule has 0 fully saturated rings. The van der Waals surface area contributed by atoms with Crippen molar-refractivity contribution in [2.75, 3.05) is 20.3 Å². The summed E-state index contributed by atoms with van der Waals surface area (Å²) in [7, 11) is 1.49. The lowest BCUT2D eigenvalue weighted by atomic mass is 10.2. The van der Waals surface area contributed by atoms with E-state index in [1.807, 2.05) is 0 Å². The topological polar surface area (TPSA) is 72.5 Å². The summed E-state index contributed by atoms with van der Waals surface area (Å²) in [6.45, 7) is 0.318. The van der Waals surface area contributed by atoms with E-state index in [1.165, 1.54) is 13.2 Å². The van der Waals surface area contributed by atoms with Crippen LogP contribution in [0, 0.1) is 11.3 Å². The summed E-state index contributed by atoms with van der Waals surface area (Å²) < 4.78 is 15.3. The normalized spacial score (nSPS) is 11.2. The van der Waals surface area contributed by atoms with Gasteiger partial charge in [-0.2, -0.15) is 5.26 Å². The molecule has 0 unspecified atom stereocenters. The van der Waals surface area contributed by atoms with Gasteiger partial charge in [-0.15, -0.1) is 0 Å². The number of nitrogens with zero attached hydrogens (tertiary/aromatic N) is 1. The highest BCUT2D eigenvalue weighted by molar-refractivity contribution is 6.35. The first-order valence-corrected chi connectivity index (χ1v) is 7.64. The molecule has 1 aromatic heterocycles. The van der Waals surface area contributed by atoms with Crippen LogP contribution in [0.25, 0.3) is 17.4 Å². The Morgan fingerprint density at radius 2 is 2.08 bits per heavy atom. The van der Waals surface area contributed by atoms with Gasteiger partial charge in [0.25, 0.3) is 0 Å². The molecule has 0 aliphatic heterocycles. The molecule has 1 aromatic carbocycles. The zero-order valence-electron chi connectivity index (χ0n) is 12.7. The zero-order chi connectivity index (χ0) is 17.5. The first-order valence-electron chi connectivity index (χ1n) is 6.88. The summed E-state index contributed by atoms with van der Waals surface area (Å²) in [6, 6.07) is 10.1. The third-order valence-corrected chi connectivity index (χ3v) is 3.53. The van der Waals surface area contributed by atoms with Crippen molar-refractivity contribution in [1.29, 1.82) is 5.26 Å². The lowest BCUT2D eigenvalue weighted by Gasteiger charge is -2.02. The highest BCUT2D eigenvalue weighted by atomic mass is 35.5. The molecular formula is C17H13Cl2NO4. The second kappa shape index (κ2) is 8.55. The predicted molar refractivity (Wildman–Crippen MR) is 90.6 cm³/mol. The Hall–Kier alpha value is -2.26. The van der Waals surface area contributed by atoms with Crippen molar-refractivity contribution in [2.24, 2.45) is 0 Å². The summed E-state index contributed by atoms with van der Waals surface area (Å²) in [6.07, 6.45) is 1.30. The molecule has 2 rings (SSSR count). The van der Waals surface area contributed by atoms with Crippen molar-refractivity contribution in [3.63, 3.8) is 0 Å². The van der Waals surface area contributed by atoms with Crippen LogP contribution >= 0.6 is 23.2 Å². The van der Waals surface area contributed by atoms with Gasteiger partial charge in [-0.05, 0) is 30.3 Å². The summed E-state index contributed by atoms with van der Waals surface area (Å²) in [5.41, 5.74) is 0.439. The summed E-state index contributed by atoms with van der Waals surface area (Å²) in [4.78, 5) is 11.8. The van der Waals surface area contributed by atoms with Gasteiger partial charge in [-0.3, -0.25) is 0 Å². The monoisotopic (exact) mass is 365 g/mol. The van der Waals surface area contributed by atoms with E-state index in [0.717, 1.165) is 0 Å². The van der Waals surface area contributed by atoms with Crippen LogP contribution in [-0.4, -0.2) is 26.3 Å². The molecule has 0 bridgehead atoms.